The molecule has 1 aliphatic rings. The van der Waals surface area contributed by atoms with E-state index < -0.39 is 17.7 Å². The van der Waals surface area contributed by atoms with E-state index in [-0.39, 0.29) is 25.2 Å². The SMILES string of the molecule is COC(=O)c1cnc(N2CC=C(C(F)(F)F)CC2)cn1. The summed E-state index contributed by atoms with van der Waals surface area (Å²) in [6.45, 7) is 0.318. The topological polar surface area (TPSA) is 55.3 Å². The van der Waals surface area contributed by atoms with Crippen LogP contribution in [-0.4, -0.2) is 42.3 Å². The minimum atomic E-state index is -4.27. The van der Waals surface area contributed by atoms with Gasteiger partial charge in [-0.25, -0.2) is 14.8 Å². The Balaban J connectivity index is 2.08. The van der Waals surface area contributed by atoms with E-state index in [1.54, 1.807) is 4.90 Å². The molecule has 0 bridgehead atoms. The molecule has 1 aromatic heterocycles. The van der Waals surface area contributed by atoms with E-state index in [0.717, 1.165) is 6.08 Å². The number of hydrogen-bond donors (Lipinski definition) is 0. The van der Waals surface area contributed by atoms with Gasteiger partial charge < -0.3 is 9.64 Å². The normalized spacial score (nSPS) is 15.8. The van der Waals surface area contributed by atoms with Crippen molar-refractivity contribution >= 4 is 11.8 Å². The fourth-order valence-electron chi connectivity index (χ4n) is 1.83. The summed E-state index contributed by atoms with van der Waals surface area (Å²) in [5.41, 5.74) is -0.465. The lowest BCUT2D eigenvalue weighted by Gasteiger charge is -2.27. The summed E-state index contributed by atoms with van der Waals surface area (Å²) >= 11 is 0. The van der Waals surface area contributed by atoms with Crippen LogP contribution < -0.4 is 4.90 Å². The second kappa shape index (κ2) is 5.48. The number of aromatic nitrogens is 2. The molecule has 1 aliphatic heterocycles. The molecule has 2 heterocycles. The number of rotatable bonds is 2. The molecular weight excluding hydrogens is 275 g/mol. The lowest BCUT2D eigenvalue weighted by molar-refractivity contribution is -0.0944. The Hall–Kier alpha value is -2.12. The Kier molecular flexibility index (Phi) is 3.91. The Labute approximate surface area is 113 Å². The number of carbonyl (C=O) groups is 1. The first-order chi connectivity index (χ1) is 9.41. The van der Waals surface area contributed by atoms with Gasteiger partial charge in [0.05, 0.1) is 19.5 Å². The molecule has 0 N–H and O–H groups in total. The highest BCUT2D eigenvalue weighted by Gasteiger charge is 2.34. The molecule has 0 unspecified atom stereocenters. The summed E-state index contributed by atoms with van der Waals surface area (Å²) in [6.07, 6.45) is -0.640. The standard InChI is InChI=1S/C12H12F3N3O2/c1-20-11(19)9-6-17-10(7-16-9)18-4-2-8(3-5-18)12(13,14)15/h2,6-7H,3-5H2,1H3. The highest BCUT2D eigenvalue weighted by atomic mass is 19.4. The molecule has 0 atom stereocenters. The molecular formula is C12H12F3N3O2. The van der Waals surface area contributed by atoms with E-state index >= 15 is 0 Å². The molecule has 0 saturated carbocycles. The third-order valence-electron chi connectivity index (χ3n) is 2.93. The van der Waals surface area contributed by atoms with Crippen LogP contribution in [0, 0.1) is 0 Å². The van der Waals surface area contributed by atoms with Gasteiger partial charge in [0.2, 0.25) is 0 Å². The molecule has 0 fully saturated rings. The lowest BCUT2D eigenvalue weighted by atomic mass is 10.1. The smallest absolute Gasteiger partial charge is 0.412 e. The number of esters is 1. The Bertz CT molecular complexity index is 526. The van der Waals surface area contributed by atoms with E-state index in [4.69, 9.17) is 0 Å². The Morgan fingerprint density at radius 2 is 2.10 bits per heavy atom. The van der Waals surface area contributed by atoms with Crippen LogP contribution in [0.3, 0.4) is 0 Å². The molecule has 108 valence electrons. The molecule has 5 nitrogen and oxygen atoms in total. The third kappa shape index (κ3) is 3.06. The average Bonchev–Trinajstić information content (AvgIpc) is 2.46. The van der Waals surface area contributed by atoms with Gasteiger partial charge in [-0.05, 0) is 6.42 Å². The number of nitrogens with zero attached hydrogens (tertiary/aromatic N) is 3. The van der Waals surface area contributed by atoms with Gasteiger partial charge in [0.25, 0.3) is 0 Å². The molecule has 20 heavy (non-hydrogen) atoms. The van der Waals surface area contributed by atoms with Crippen LogP contribution in [0.4, 0.5) is 19.0 Å². The first-order valence-corrected chi connectivity index (χ1v) is 5.83. The predicted molar refractivity (Wildman–Crippen MR) is 64.3 cm³/mol. The van der Waals surface area contributed by atoms with Crippen molar-refractivity contribution in [2.24, 2.45) is 0 Å². The van der Waals surface area contributed by atoms with Gasteiger partial charge in [-0.2, -0.15) is 13.2 Å². The number of hydrogen-bond acceptors (Lipinski definition) is 5. The van der Waals surface area contributed by atoms with Crippen molar-refractivity contribution in [3.63, 3.8) is 0 Å². The Morgan fingerprint density at radius 1 is 1.35 bits per heavy atom. The quantitative estimate of drug-likeness (QED) is 0.615. The van der Waals surface area contributed by atoms with Crippen molar-refractivity contribution in [1.29, 1.82) is 0 Å². The van der Waals surface area contributed by atoms with Crippen molar-refractivity contribution in [2.75, 3.05) is 25.1 Å². The molecule has 8 heteroatoms. The van der Waals surface area contributed by atoms with E-state index in [1.807, 2.05) is 0 Å². The van der Waals surface area contributed by atoms with Crippen molar-refractivity contribution in [1.82, 2.24) is 9.97 Å². The summed E-state index contributed by atoms with van der Waals surface area (Å²) < 4.78 is 41.9. The molecule has 2 rings (SSSR count). The van der Waals surface area contributed by atoms with E-state index in [2.05, 4.69) is 14.7 Å². The zero-order valence-corrected chi connectivity index (χ0v) is 10.6. The van der Waals surface area contributed by atoms with Gasteiger partial charge in [-0.3, -0.25) is 0 Å². The maximum absolute atomic E-state index is 12.5. The van der Waals surface area contributed by atoms with Crippen molar-refractivity contribution in [3.8, 4) is 0 Å². The van der Waals surface area contributed by atoms with Crippen molar-refractivity contribution < 1.29 is 22.7 Å². The summed E-state index contributed by atoms with van der Waals surface area (Å²) in [4.78, 5) is 20.7. The summed E-state index contributed by atoms with van der Waals surface area (Å²) in [5, 5.41) is 0. The van der Waals surface area contributed by atoms with E-state index in [9.17, 15) is 18.0 Å². The van der Waals surface area contributed by atoms with Gasteiger partial charge >= 0.3 is 12.1 Å². The summed E-state index contributed by atoms with van der Waals surface area (Å²) in [5.74, 6) is -0.183. The number of methoxy groups -OCH3 is 1. The minimum absolute atomic E-state index is 0.0554. The van der Waals surface area contributed by atoms with Crippen LogP contribution in [0.5, 0.6) is 0 Å². The molecule has 1 aromatic rings. The summed E-state index contributed by atoms with van der Waals surface area (Å²) in [6, 6.07) is 0. The van der Waals surface area contributed by atoms with Crippen molar-refractivity contribution in [2.45, 2.75) is 12.6 Å². The number of anilines is 1. The highest BCUT2D eigenvalue weighted by Crippen LogP contribution is 2.30. The average molecular weight is 287 g/mol. The van der Waals surface area contributed by atoms with Crippen molar-refractivity contribution in [3.05, 3.63) is 29.7 Å². The van der Waals surface area contributed by atoms with Gasteiger partial charge in [-0.1, -0.05) is 6.08 Å². The van der Waals surface area contributed by atoms with Gasteiger partial charge in [0.1, 0.15) is 5.82 Å². The fraction of sp³-hybridized carbons (Fsp3) is 0.417. The summed E-state index contributed by atoms with van der Waals surface area (Å²) in [7, 11) is 1.23. The van der Waals surface area contributed by atoms with Crippen LogP contribution in [0.2, 0.25) is 0 Å². The van der Waals surface area contributed by atoms with E-state index in [0.29, 0.717) is 5.82 Å². The molecule has 0 saturated heterocycles. The van der Waals surface area contributed by atoms with Gasteiger partial charge in [-0.15, -0.1) is 0 Å². The van der Waals surface area contributed by atoms with Gasteiger partial charge in [0.15, 0.2) is 5.69 Å². The zero-order chi connectivity index (χ0) is 14.8. The highest BCUT2D eigenvalue weighted by molar-refractivity contribution is 5.86. The number of alkyl halides is 3. The number of halogens is 3. The maximum atomic E-state index is 12.5. The maximum Gasteiger partial charge on any atom is 0.412 e. The molecule has 0 spiro atoms. The van der Waals surface area contributed by atoms with Gasteiger partial charge in [0, 0.05) is 18.7 Å². The number of carbonyl (C=O) groups excluding carboxylic acids is 1. The molecule has 0 aliphatic carbocycles. The molecule has 0 radical (unpaired) electrons. The van der Waals surface area contributed by atoms with Crippen LogP contribution in [0.25, 0.3) is 0 Å². The third-order valence-corrected chi connectivity index (χ3v) is 2.93. The fourth-order valence-corrected chi connectivity index (χ4v) is 1.83. The molecule has 0 aromatic carbocycles. The zero-order valence-electron chi connectivity index (χ0n) is 10.6. The first-order valence-electron chi connectivity index (χ1n) is 5.83. The largest absolute Gasteiger partial charge is 0.464 e. The lowest BCUT2D eigenvalue weighted by Crippen LogP contribution is -2.32. The minimum Gasteiger partial charge on any atom is -0.464 e. The number of ether oxygens (including phenoxy) is 1. The first kappa shape index (κ1) is 14.3. The van der Waals surface area contributed by atoms with Crippen LogP contribution in [0.1, 0.15) is 16.9 Å². The molecule has 0 amide bonds. The Morgan fingerprint density at radius 3 is 2.55 bits per heavy atom. The second-order valence-corrected chi connectivity index (χ2v) is 4.17. The monoisotopic (exact) mass is 287 g/mol. The van der Waals surface area contributed by atoms with E-state index in [1.165, 1.54) is 19.5 Å². The second-order valence-electron chi connectivity index (χ2n) is 4.17. The van der Waals surface area contributed by atoms with Crippen LogP contribution in [0.15, 0.2) is 24.0 Å². The van der Waals surface area contributed by atoms with Crippen LogP contribution in [-0.2, 0) is 4.74 Å². The van der Waals surface area contributed by atoms with Crippen LogP contribution >= 0.6 is 0 Å². The predicted octanol–water partition coefficient (Wildman–Crippen LogP) is 1.96.